The van der Waals surface area contributed by atoms with Gasteiger partial charge in [0.15, 0.2) is 15.8 Å². The second-order valence-corrected chi connectivity index (χ2v) is 19.2. The third-order valence-electron chi connectivity index (χ3n) is 9.15. The summed E-state index contributed by atoms with van der Waals surface area (Å²) < 4.78 is 0. The summed E-state index contributed by atoms with van der Waals surface area (Å²) in [6.45, 7) is 0. The van der Waals surface area contributed by atoms with E-state index in [4.69, 9.17) is 56.5 Å². The SMILES string of the molecule is C#CC#CC#C[PH+](C#CC#CC#C)c1ccc2ccccc2c1C(=O)c1c([PH+](C#CC#CC#C)C#CC#CC#C)ccc2ccccc12.NC(c1ccccc1)C(N)c1ccccc1.[Cl][Ru+2][Cl]. The molecule has 6 aromatic rings. The van der Waals surface area contributed by atoms with Crippen LogP contribution in [0, 0.1) is 143 Å². The van der Waals surface area contributed by atoms with Gasteiger partial charge in [0.05, 0.1) is 11.1 Å². The van der Waals surface area contributed by atoms with E-state index in [9.17, 15) is 0 Å². The van der Waals surface area contributed by atoms with Crippen LogP contribution in [0.2, 0.25) is 0 Å². The maximum absolute atomic E-state index is 15.3. The van der Waals surface area contributed by atoms with Crippen LogP contribution in [0.1, 0.15) is 39.1 Å². The van der Waals surface area contributed by atoms with Crippen molar-refractivity contribution in [1.82, 2.24) is 0 Å². The van der Waals surface area contributed by atoms with Crippen molar-refractivity contribution in [1.29, 1.82) is 0 Å². The Bertz CT molecular complexity index is 3150. The molecule has 0 aliphatic rings. The summed E-state index contributed by atoms with van der Waals surface area (Å²) >= 11 is -0.346. The molecular weight excluding hydrogens is 987 g/mol. The van der Waals surface area contributed by atoms with Crippen LogP contribution in [0.4, 0.5) is 0 Å². The molecule has 0 heterocycles. The van der Waals surface area contributed by atoms with Crippen LogP contribution in [0.5, 0.6) is 0 Å². The molecule has 6 rings (SSSR count). The Morgan fingerprint density at radius 3 is 1.04 bits per heavy atom. The van der Waals surface area contributed by atoms with Gasteiger partial charge in [-0.3, -0.25) is 4.79 Å². The molecule has 314 valence electrons. The molecule has 0 fully saturated rings. The number of ketones is 1. The van der Waals surface area contributed by atoms with Gasteiger partial charge in [-0.1, -0.05) is 121 Å². The Morgan fingerprint density at radius 2 is 0.731 bits per heavy atom. The van der Waals surface area contributed by atoms with Crippen molar-refractivity contribution in [2.24, 2.45) is 11.5 Å². The molecule has 0 amide bonds. The number of hydrogen-bond donors (Lipinski definition) is 2. The van der Waals surface area contributed by atoms with Gasteiger partial charge in [0, 0.05) is 59.4 Å². The summed E-state index contributed by atoms with van der Waals surface area (Å²) in [5, 5.41) is 4.54. The van der Waals surface area contributed by atoms with E-state index in [1.54, 1.807) is 0 Å². The summed E-state index contributed by atoms with van der Waals surface area (Å²) in [4.78, 5) is 15.3. The van der Waals surface area contributed by atoms with Crippen molar-refractivity contribution in [3.63, 3.8) is 0 Å². The van der Waals surface area contributed by atoms with E-state index in [2.05, 4.69) is 117 Å². The first kappa shape index (κ1) is 51.8. The van der Waals surface area contributed by atoms with Crippen molar-refractivity contribution in [2.75, 3.05) is 0 Å². The Morgan fingerprint density at radius 1 is 0.433 bits per heavy atom. The zero-order valence-electron chi connectivity index (χ0n) is 35.3. The second-order valence-electron chi connectivity index (χ2n) is 13.0. The number of halogens is 2. The van der Waals surface area contributed by atoms with E-state index < -0.39 is 15.8 Å². The van der Waals surface area contributed by atoms with Gasteiger partial charge in [-0.15, -0.1) is 25.7 Å². The molecule has 6 aromatic carbocycles. The molecule has 0 bridgehead atoms. The number of hydrogen-bond acceptors (Lipinski definition) is 3. The van der Waals surface area contributed by atoms with Gasteiger partial charge in [-0.05, 0) is 92.2 Å². The molecule has 8 heteroatoms. The first-order chi connectivity index (χ1) is 32.8. The Labute approximate surface area is 412 Å². The number of rotatable bonds is 7. The van der Waals surface area contributed by atoms with Crippen LogP contribution in [-0.2, 0) is 15.1 Å². The molecule has 0 aliphatic heterocycles. The Kier molecular flexibility index (Phi) is 22.9. The van der Waals surface area contributed by atoms with Crippen molar-refractivity contribution >= 4 is 73.2 Å². The van der Waals surface area contributed by atoms with E-state index >= 15 is 4.79 Å². The fraction of sp³-hybridized carbons (Fsp3) is 0.0339. The number of benzene rings is 6. The third-order valence-corrected chi connectivity index (χ3v) is 12.6. The van der Waals surface area contributed by atoms with E-state index in [-0.39, 0.29) is 33.0 Å². The van der Waals surface area contributed by atoms with Crippen molar-refractivity contribution < 1.29 is 19.9 Å². The first-order valence-corrected chi connectivity index (χ1v) is 27.0. The fourth-order valence-corrected chi connectivity index (χ4v) is 9.23. The first-order valence-electron chi connectivity index (χ1n) is 19.5. The van der Waals surface area contributed by atoms with E-state index in [0.717, 1.165) is 32.7 Å². The molecular formula is C59H34Cl2N2OP2Ru+4. The summed E-state index contributed by atoms with van der Waals surface area (Å²) in [6, 6.07) is 42.5. The predicted octanol–water partition coefficient (Wildman–Crippen LogP) is 9.06. The van der Waals surface area contributed by atoms with Gasteiger partial charge < -0.3 is 11.5 Å². The Hall–Kier alpha value is -7.79. The molecule has 0 aromatic heterocycles. The molecule has 4 N–H and O–H groups in total. The zero-order chi connectivity index (χ0) is 48.1. The van der Waals surface area contributed by atoms with Gasteiger partial charge >= 0.3 is 34.5 Å². The molecule has 0 radical (unpaired) electrons. The second kappa shape index (κ2) is 29.6. The molecule has 0 saturated carbocycles. The number of terminal acetylenes is 4. The summed E-state index contributed by atoms with van der Waals surface area (Å²) in [5.41, 5.74) is 27.9. The van der Waals surface area contributed by atoms with Gasteiger partial charge in [0.1, 0.15) is 33.3 Å². The van der Waals surface area contributed by atoms with Crippen LogP contribution in [0.25, 0.3) is 21.5 Å². The van der Waals surface area contributed by atoms with E-state index in [1.807, 2.05) is 133 Å². The van der Waals surface area contributed by atoms with Crippen LogP contribution >= 0.6 is 35.2 Å². The topological polar surface area (TPSA) is 69.1 Å². The summed E-state index contributed by atoms with van der Waals surface area (Å²) in [5.74, 6) is 40.6. The zero-order valence-corrected chi connectivity index (χ0v) is 40.6. The standard InChI is InChI=1S/C45H16OP2.C14H16N2.2ClH.Ru/c1-5-9-13-21-33-47(34-22-14-10-6-2)41-31-29-37-25-17-19-27-39(37)43(41)45(46)44-40-28-20-18-26-38(40)30-32-42(44)48(35-23-15-11-7-3)36-24-16-12-8-4;15-13(11-7-3-1-4-8-11)14(16)12-9-5-2-6-10-12;;;/h1-4,17-20,25-32H;1-10,13-14H,15-16H2;2*1H;/q;;;;+4. The van der Waals surface area contributed by atoms with Gasteiger partial charge in [-0.2, -0.15) is 0 Å². The number of nitrogens with two attached hydrogens (primary N) is 2. The quantitative estimate of drug-likeness (QED) is 0.0727. The van der Waals surface area contributed by atoms with E-state index in [0.29, 0.717) is 21.7 Å². The number of carbonyl (C=O) groups excluding carboxylic acids is 1. The average molecular weight is 1020 g/mol. The van der Waals surface area contributed by atoms with Crippen LogP contribution in [0.15, 0.2) is 133 Å². The number of fused-ring (bicyclic) bond motifs is 2. The molecule has 2 atom stereocenters. The molecule has 0 spiro atoms. The summed E-state index contributed by atoms with van der Waals surface area (Å²) in [6.07, 6.45) is 21.2. The molecule has 2 unspecified atom stereocenters. The molecule has 3 nitrogen and oxygen atoms in total. The number of carbonyl (C=O) groups is 1. The monoisotopic (exact) mass is 1020 g/mol. The molecule has 67 heavy (non-hydrogen) atoms. The van der Waals surface area contributed by atoms with Gasteiger partial charge in [-0.25, -0.2) is 0 Å². The third kappa shape index (κ3) is 15.7. The van der Waals surface area contributed by atoms with E-state index in [1.165, 1.54) is 0 Å². The maximum atomic E-state index is 15.3. The van der Waals surface area contributed by atoms with Crippen molar-refractivity contribution in [2.45, 2.75) is 12.1 Å². The fourth-order valence-electron chi connectivity index (χ4n) is 6.32. The summed E-state index contributed by atoms with van der Waals surface area (Å²) in [7, 11) is 5.53. The van der Waals surface area contributed by atoms with Crippen molar-refractivity contribution in [3.05, 3.63) is 156 Å². The molecule has 0 aliphatic carbocycles. The minimum atomic E-state index is -2.09. The predicted molar refractivity (Wildman–Crippen MR) is 283 cm³/mol. The minimum absolute atomic E-state index is 0.163. The van der Waals surface area contributed by atoms with Crippen LogP contribution in [0.3, 0.4) is 0 Å². The molecule has 0 saturated heterocycles. The van der Waals surface area contributed by atoms with Crippen LogP contribution < -0.4 is 22.1 Å². The average Bonchev–Trinajstić information content (AvgIpc) is 3.37. The Balaban J connectivity index is 0.000000427. The normalized spacial score (nSPS) is 9.64. The van der Waals surface area contributed by atoms with Crippen LogP contribution in [-0.4, -0.2) is 5.78 Å². The van der Waals surface area contributed by atoms with Gasteiger partial charge in [0.2, 0.25) is 5.78 Å². The van der Waals surface area contributed by atoms with Crippen molar-refractivity contribution in [3.8, 4) is 143 Å². The van der Waals surface area contributed by atoms with Gasteiger partial charge in [0.25, 0.3) is 0 Å².